The number of piperidine rings is 1. The van der Waals surface area contributed by atoms with Gasteiger partial charge in [0.15, 0.2) is 5.76 Å². The predicted molar refractivity (Wildman–Crippen MR) is 97.7 cm³/mol. The van der Waals surface area contributed by atoms with Crippen LogP contribution in [0.25, 0.3) is 11.6 Å². The smallest absolute Gasteiger partial charge is 0.238 e. The fourth-order valence-corrected chi connectivity index (χ4v) is 3.51. The predicted octanol–water partition coefficient (Wildman–Crippen LogP) is 3.45. The molecule has 7 nitrogen and oxygen atoms in total. The third kappa shape index (κ3) is 4.24. The van der Waals surface area contributed by atoms with Crippen molar-refractivity contribution in [2.75, 3.05) is 13.1 Å². The molecule has 1 fully saturated rings. The molecule has 0 N–H and O–H groups in total. The van der Waals surface area contributed by atoms with Gasteiger partial charge in [-0.1, -0.05) is 5.16 Å². The Bertz CT molecular complexity index is 853. The zero-order valence-corrected chi connectivity index (χ0v) is 15.1. The van der Waals surface area contributed by atoms with Crippen LogP contribution in [-0.4, -0.2) is 39.0 Å². The van der Waals surface area contributed by atoms with Gasteiger partial charge in [-0.3, -0.25) is 9.78 Å². The maximum absolute atomic E-state index is 12.5. The standard InChI is InChI=1S/C20H22N4O3/c25-19(24-12-8-16(9-13-24)15-6-10-21-11-7-15)5-1-4-18-22-20(23-27-18)17-3-2-14-26-17/h2-3,6-7,10-11,14,16H,1,4-5,8-9,12-13H2. The Morgan fingerprint density at radius 3 is 2.74 bits per heavy atom. The molecule has 0 atom stereocenters. The molecule has 27 heavy (non-hydrogen) atoms. The zero-order valence-electron chi connectivity index (χ0n) is 15.1. The summed E-state index contributed by atoms with van der Waals surface area (Å²) in [5, 5.41) is 3.90. The molecule has 4 rings (SSSR count). The van der Waals surface area contributed by atoms with Crippen molar-refractivity contribution in [3.63, 3.8) is 0 Å². The minimum atomic E-state index is 0.203. The third-order valence-corrected chi connectivity index (χ3v) is 5.02. The van der Waals surface area contributed by atoms with Gasteiger partial charge in [0.2, 0.25) is 17.6 Å². The number of aromatic nitrogens is 3. The van der Waals surface area contributed by atoms with Crippen molar-refractivity contribution in [3.8, 4) is 11.6 Å². The zero-order chi connectivity index (χ0) is 18.5. The van der Waals surface area contributed by atoms with Gasteiger partial charge in [0.25, 0.3) is 0 Å². The van der Waals surface area contributed by atoms with E-state index in [1.54, 1.807) is 18.4 Å². The molecule has 1 aliphatic rings. The first-order valence-corrected chi connectivity index (χ1v) is 9.34. The molecule has 1 saturated heterocycles. The molecule has 0 spiro atoms. The van der Waals surface area contributed by atoms with E-state index in [9.17, 15) is 4.79 Å². The second kappa shape index (κ2) is 8.16. The summed E-state index contributed by atoms with van der Waals surface area (Å²) in [4.78, 5) is 22.8. The molecule has 0 radical (unpaired) electrons. The van der Waals surface area contributed by atoms with Gasteiger partial charge in [-0.25, -0.2) is 0 Å². The third-order valence-electron chi connectivity index (χ3n) is 5.02. The van der Waals surface area contributed by atoms with Crippen molar-refractivity contribution < 1.29 is 13.7 Å². The molecule has 1 aliphatic heterocycles. The summed E-state index contributed by atoms with van der Waals surface area (Å²) >= 11 is 0. The summed E-state index contributed by atoms with van der Waals surface area (Å²) in [6.07, 6.45) is 9.04. The van der Waals surface area contributed by atoms with Gasteiger partial charge in [0, 0.05) is 38.3 Å². The highest BCUT2D eigenvalue weighted by Crippen LogP contribution is 2.27. The van der Waals surface area contributed by atoms with Crippen molar-refractivity contribution in [2.24, 2.45) is 0 Å². The minimum Gasteiger partial charge on any atom is -0.461 e. The fourth-order valence-electron chi connectivity index (χ4n) is 3.51. The molecule has 3 aromatic rings. The van der Waals surface area contributed by atoms with Gasteiger partial charge in [0.05, 0.1) is 6.26 Å². The quantitative estimate of drug-likeness (QED) is 0.664. The van der Waals surface area contributed by atoms with Crippen molar-refractivity contribution >= 4 is 5.91 Å². The number of hydrogen-bond acceptors (Lipinski definition) is 6. The first-order valence-electron chi connectivity index (χ1n) is 9.34. The topological polar surface area (TPSA) is 85.3 Å². The van der Waals surface area contributed by atoms with Crippen LogP contribution in [0.15, 0.2) is 51.9 Å². The van der Waals surface area contributed by atoms with Crippen LogP contribution in [0.1, 0.15) is 43.1 Å². The molecule has 0 bridgehead atoms. The Hall–Kier alpha value is -2.96. The van der Waals surface area contributed by atoms with Crippen LogP contribution in [0.3, 0.4) is 0 Å². The SMILES string of the molecule is O=C(CCCc1nc(-c2ccco2)no1)N1CCC(c2ccncc2)CC1. The second-order valence-corrected chi connectivity index (χ2v) is 6.78. The van der Waals surface area contributed by atoms with Crippen molar-refractivity contribution in [2.45, 2.75) is 38.0 Å². The number of amides is 1. The van der Waals surface area contributed by atoms with E-state index < -0.39 is 0 Å². The summed E-state index contributed by atoms with van der Waals surface area (Å²) in [6, 6.07) is 7.71. The lowest BCUT2D eigenvalue weighted by Gasteiger charge is -2.32. The molecule has 1 amide bonds. The monoisotopic (exact) mass is 366 g/mol. The van der Waals surface area contributed by atoms with E-state index in [4.69, 9.17) is 8.94 Å². The number of pyridine rings is 1. The van der Waals surface area contributed by atoms with Crippen LogP contribution in [0, 0.1) is 0 Å². The summed E-state index contributed by atoms with van der Waals surface area (Å²) in [6.45, 7) is 1.63. The highest BCUT2D eigenvalue weighted by Gasteiger charge is 2.23. The largest absolute Gasteiger partial charge is 0.461 e. The van der Waals surface area contributed by atoms with Crippen LogP contribution in [0.2, 0.25) is 0 Å². The summed E-state index contributed by atoms with van der Waals surface area (Å²) < 4.78 is 10.5. The number of likely N-dealkylation sites (tertiary alicyclic amines) is 1. The van der Waals surface area contributed by atoms with Crippen LogP contribution in [0.5, 0.6) is 0 Å². The van der Waals surface area contributed by atoms with Gasteiger partial charge in [-0.2, -0.15) is 4.98 Å². The average Bonchev–Trinajstić information content (AvgIpc) is 3.40. The lowest BCUT2D eigenvalue weighted by molar-refractivity contribution is -0.132. The number of carbonyl (C=O) groups excluding carboxylic acids is 1. The molecule has 0 saturated carbocycles. The Morgan fingerprint density at radius 1 is 1.19 bits per heavy atom. The highest BCUT2D eigenvalue weighted by atomic mass is 16.5. The second-order valence-electron chi connectivity index (χ2n) is 6.78. The fraction of sp³-hybridized carbons (Fsp3) is 0.400. The van der Waals surface area contributed by atoms with E-state index in [0.29, 0.717) is 42.7 Å². The maximum Gasteiger partial charge on any atom is 0.238 e. The number of aryl methyl sites for hydroxylation is 1. The molecule has 140 valence electrons. The number of furan rings is 1. The van der Waals surface area contributed by atoms with Crippen LogP contribution in [0.4, 0.5) is 0 Å². The molecule has 3 aromatic heterocycles. The molecule has 4 heterocycles. The Kier molecular flexibility index (Phi) is 5.27. The van der Waals surface area contributed by atoms with E-state index in [2.05, 4.69) is 27.3 Å². The lowest BCUT2D eigenvalue weighted by Crippen LogP contribution is -2.37. The molecule has 0 unspecified atom stereocenters. The van der Waals surface area contributed by atoms with Gasteiger partial charge in [0.1, 0.15) is 0 Å². The van der Waals surface area contributed by atoms with Gasteiger partial charge in [-0.05, 0) is 55.0 Å². The lowest BCUT2D eigenvalue weighted by atomic mass is 9.90. The molecule has 0 aromatic carbocycles. The van der Waals surface area contributed by atoms with Crippen LogP contribution < -0.4 is 0 Å². The summed E-state index contributed by atoms with van der Waals surface area (Å²) in [7, 11) is 0. The summed E-state index contributed by atoms with van der Waals surface area (Å²) in [5.74, 6) is 2.28. The van der Waals surface area contributed by atoms with E-state index in [-0.39, 0.29) is 5.91 Å². The van der Waals surface area contributed by atoms with Crippen molar-refractivity contribution in [3.05, 3.63) is 54.4 Å². The van der Waals surface area contributed by atoms with E-state index in [1.807, 2.05) is 17.3 Å². The van der Waals surface area contributed by atoms with Crippen LogP contribution >= 0.6 is 0 Å². The first kappa shape index (κ1) is 17.5. The van der Waals surface area contributed by atoms with Crippen molar-refractivity contribution in [1.29, 1.82) is 0 Å². The molecule has 0 aliphatic carbocycles. The molecule has 7 heteroatoms. The molecular weight excluding hydrogens is 344 g/mol. The molecular formula is C20H22N4O3. The normalized spacial score (nSPS) is 15.2. The average molecular weight is 366 g/mol. The van der Waals surface area contributed by atoms with E-state index in [0.717, 1.165) is 25.9 Å². The van der Waals surface area contributed by atoms with Gasteiger partial charge >= 0.3 is 0 Å². The Labute approximate surface area is 157 Å². The summed E-state index contributed by atoms with van der Waals surface area (Å²) in [5.41, 5.74) is 1.32. The number of nitrogens with zero attached hydrogens (tertiary/aromatic N) is 4. The number of carbonyl (C=O) groups is 1. The Balaban J connectivity index is 1.21. The minimum absolute atomic E-state index is 0.203. The number of hydrogen-bond donors (Lipinski definition) is 0. The van der Waals surface area contributed by atoms with E-state index in [1.165, 1.54) is 5.56 Å². The maximum atomic E-state index is 12.5. The van der Waals surface area contributed by atoms with E-state index >= 15 is 0 Å². The number of rotatable bonds is 6. The first-order chi connectivity index (χ1) is 13.3. The van der Waals surface area contributed by atoms with Crippen LogP contribution in [-0.2, 0) is 11.2 Å². The van der Waals surface area contributed by atoms with Crippen molar-refractivity contribution in [1.82, 2.24) is 20.0 Å². The van der Waals surface area contributed by atoms with Gasteiger partial charge < -0.3 is 13.8 Å². The Morgan fingerprint density at radius 2 is 2.00 bits per heavy atom. The van der Waals surface area contributed by atoms with Gasteiger partial charge in [-0.15, -0.1) is 0 Å². The highest BCUT2D eigenvalue weighted by molar-refractivity contribution is 5.76.